The maximum Gasteiger partial charge on any atom is 0.118 e. The molecule has 4 heteroatoms. The second-order valence-electron chi connectivity index (χ2n) is 6.04. The summed E-state index contributed by atoms with van der Waals surface area (Å²) in [6.45, 7) is 12.9. The average molecular weight is 279 g/mol. The summed E-state index contributed by atoms with van der Waals surface area (Å²) in [6, 6.07) is 2.85. The third-order valence-corrected chi connectivity index (χ3v) is 4.24. The van der Waals surface area contributed by atoms with Crippen molar-refractivity contribution >= 4 is 0 Å². The minimum absolute atomic E-state index is 0.630. The van der Waals surface area contributed by atoms with Crippen LogP contribution in [-0.2, 0) is 13.1 Å². The summed E-state index contributed by atoms with van der Waals surface area (Å²) in [4.78, 5) is 4.91. The summed E-state index contributed by atoms with van der Waals surface area (Å²) < 4.78 is 5.91. The molecule has 20 heavy (non-hydrogen) atoms. The van der Waals surface area contributed by atoms with Crippen LogP contribution in [-0.4, -0.2) is 49.1 Å². The maximum absolute atomic E-state index is 5.91. The summed E-state index contributed by atoms with van der Waals surface area (Å²) in [7, 11) is 2.20. The first-order valence-corrected chi connectivity index (χ1v) is 7.81. The van der Waals surface area contributed by atoms with Gasteiger partial charge in [-0.25, -0.2) is 0 Å². The van der Waals surface area contributed by atoms with Gasteiger partial charge in [-0.1, -0.05) is 6.92 Å². The number of likely N-dealkylation sites (N-methyl/N-ethyl adjacent to an activating group) is 1. The third kappa shape index (κ3) is 4.08. The first-order chi connectivity index (χ1) is 9.60. The third-order valence-electron chi connectivity index (χ3n) is 4.24. The van der Waals surface area contributed by atoms with Crippen molar-refractivity contribution in [1.29, 1.82) is 0 Å². The summed E-state index contributed by atoms with van der Waals surface area (Å²) in [5, 5.41) is 3.44. The van der Waals surface area contributed by atoms with Crippen LogP contribution in [0.3, 0.4) is 0 Å². The van der Waals surface area contributed by atoms with Crippen molar-refractivity contribution in [3.8, 4) is 0 Å². The van der Waals surface area contributed by atoms with Gasteiger partial charge in [0.15, 0.2) is 0 Å². The van der Waals surface area contributed by atoms with Crippen LogP contribution in [0.5, 0.6) is 0 Å². The van der Waals surface area contributed by atoms with Crippen molar-refractivity contribution in [1.82, 2.24) is 15.1 Å². The monoisotopic (exact) mass is 279 g/mol. The van der Waals surface area contributed by atoms with Crippen LogP contribution in [0.25, 0.3) is 0 Å². The van der Waals surface area contributed by atoms with Gasteiger partial charge in [0.05, 0.1) is 6.54 Å². The fourth-order valence-corrected chi connectivity index (χ4v) is 2.73. The van der Waals surface area contributed by atoms with Gasteiger partial charge in [-0.3, -0.25) is 4.90 Å². The molecule has 1 unspecified atom stereocenters. The maximum atomic E-state index is 5.91. The molecular formula is C16H29N3O. The molecule has 0 amide bonds. The Bertz CT molecular complexity index is 416. The van der Waals surface area contributed by atoms with E-state index in [1.54, 1.807) is 0 Å². The van der Waals surface area contributed by atoms with E-state index in [0.29, 0.717) is 6.04 Å². The van der Waals surface area contributed by atoms with Gasteiger partial charge in [0, 0.05) is 37.8 Å². The first kappa shape index (κ1) is 15.5. The largest absolute Gasteiger partial charge is 0.465 e. The summed E-state index contributed by atoms with van der Waals surface area (Å²) in [5.74, 6) is 2.17. The molecule has 2 heterocycles. The smallest absolute Gasteiger partial charge is 0.118 e. The van der Waals surface area contributed by atoms with E-state index in [4.69, 9.17) is 4.42 Å². The summed E-state index contributed by atoms with van der Waals surface area (Å²) in [5.41, 5.74) is 1.30. The van der Waals surface area contributed by atoms with Gasteiger partial charge in [-0.05, 0) is 39.9 Å². The lowest BCUT2D eigenvalue weighted by molar-refractivity contribution is 0.0944. The van der Waals surface area contributed by atoms with E-state index in [0.717, 1.165) is 50.8 Å². The summed E-state index contributed by atoms with van der Waals surface area (Å²) in [6.07, 6.45) is 1.17. The highest BCUT2D eigenvalue weighted by Gasteiger charge is 2.21. The van der Waals surface area contributed by atoms with Crippen LogP contribution in [0.2, 0.25) is 0 Å². The minimum atomic E-state index is 0.630. The molecule has 0 bridgehead atoms. The topological polar surface area (TPSA) is 31.6 Å². The van der Waals surface area contributed by atoms with E-state index in [2.05, 4.69) is 49.0 Å². The van der Waals surface area contributed by atoms with Gasteiger partial charge in [-0.2, -0.15) is 0 Å². The second-order valence-corrected chi connectivity index (χ2v) is 6.04. The zero-order valence-electron chi connectivity index (χ0n) is 13.4. The predicted octanol–water partition coefficient (Wildman–Crippen LogP) is 2.22. The number of hydrogen-bond acceptors (Lipinski definition) is 4. The van der Waals surface area contributed by atoms with Crippen LogP contribution >= 0.6 is 0 Å². The number of aryl methyl sites for hydroxylation is 1. The molecule has 1 aliphatic heterocycles. The Morgan fingerprint density at radius 2 is 2.20 bits per heavy atom. The fraction of sp³-hybridized carbons (Fsp3) is 0.750. The van der Waals surface area contributed by atoms with Gasteiger partial charge in [0.1, 0.15) is 11.5 Å². The van der Waals surface area contributed by atoms with Crippen LogP contribution in [0, 0.1) is 6.92 Å². The first-order valence-electron chi connectivity index (χ1n) is 7.81. The number of nitrogens with zero attached hydrogens (tertiary/aromatic N) is 2. The van der Waals surface area contributed by atoms with Crippen LogP contribution in [0.1, 0.15) is 37.4 Å². The average Bonchev–Trinajstić information content (AvgIpc) is 2.75. The lowest BCUT2D eigenvalue weighted by Gasteiger charge is -2.37. The molecule has 0 spiro atoms. The van der Waals surface area contributed by atoms with Gasteiger partial charge in [-0.15, -0.1) is 0 Å². The van der Waals surface area contributed by atoms with Crippen molar-refractivity contribution in [2.75, 3.05) is 33.2 Å². The Balaban J connectivity index is 1.88. The van der Waals surface area contributed by atoms with E-state index in [9.17, 15) is 0 Å². The molecule has 1 saturated heterocycles. The highest BCUT2D eigenvalue weighted by molar-refractivity contribution is 5.20. The van der Waals surface area contributed by atoms with E-state index < -0.39 is 0 Å². The standard InChI is InChI=1S/C16H29N3O/c1-5-6-17-10-15-9-16(20-14(15)3)12-19-8-7-18(4)13(2)11-19/h9,13,17H,5-8,10-12H2,1-4H3. The van der Waals surface area contributed by atoms with E-state index in [-0.39, 0.29) is 0 Å². The predicted molar refractivity (Wildman–Crippen MR) is 82.8 cm³/mol. The lowest BCUT2D eigenvalue weighted by Crippen LogP contribution is -2.49. The quantitative estimate of drug-likeness (QED) is 0.809. The highest BCUT2D eigenvalue weighted by atomic mass is 16.3. The number of piperazine rings is 1. The Hall–Kier alpha value is -0.840. The molecule has 1 atom stereocenters. The second kappa shape index (κ2) is 7.25. The lowest BCUT2D eigenvalue weighted by atomic mass is 10.2. The van der Waals surface area contributed by atoms with E-state index >= 15 is 0 Å². The molecule has 0 radical (unpaired) electrons. The Morgan fingerprint density at radius 3 is 2.90 bits per heavy atom. The molecule has 2 rings (SSSR count). The number of rotatable bonds is 6. The number of furan rings is 1. The van der Waals surface area contributed by atoms with Crippen LogP contribution < -0.4 is 5.32 Å². The van der Waals surface area contributed by atoms with Crippen molar-refractivity contribution in [2.24, 2.45) is 0 Å². The molecule has 1 N–H and O–H groups in total. The van der Waals surface area contributed by atoms with E-state index in [1.165, 1.54) is 12.0 Å². The molecule has 1 aliphatic rings. The van der Waals surface area contributed by atoms with Crippen molar-refractivity contribution < 1.29 is 4.42 Å². The molecule has 1 fully saturated rings. The van der Waals surface area contributed by atoms with Crippen molar-refractivity contribution in [3.05, 3.63) is 23.2 Å². The Morgan fingerprint density at radius 1 is 1.40 bits per heavy atom. The number of hydrogen-bond donors (Lipinski definition) is 1. The molecule has 0 aliphatic carbocycles. The molecule has 114 valence electrons. The van der Waals surface area contributed by atoms with Gasteiger partial charge in [0.2, 0.25) is 0 Å². The molecular weight excluding hydrogens is 250 g/mol. The van der Waals surface area contributed by atoms with Crippen LogP contribution in [0.15, 0.2) is 10.5 Å². The SMILES string of the molecule is CCCNCc1cc(CN2CCN(C)C(C)C2)oc1C. The molecule has 4 nitrogen and oxygen atoms in total. The molecule has 1 aromatic heterocycles. The van der Waals surface area contributed by atoms with Gasteiger partial charge < -0.3 is 14.6 Å². The molecule has 1 aromatic rings. The minimum Gasteiger partial charge on any atom is -0.465 e. The zero-order valence-corrected chi connectivity index (χ0v) is 13.4. The van der Waals surface area contributed by atoms with Crippen molar-refractivity contribution in [2.45, 2.75) is 46.3 Å². The molecule has 0 saturated carbocycles. The van der Waals surface area contributed by atoms with Gasteiger partial charge in [0.25, 0.3) is 0 Å². The van der Waals surface area contributed by atoms with Gasteiger partial charge >= 0.3 is 0 Å². The number of nitrogens with one attached hydrogen (secondary N) is 1. The van der Waals surface area contributed by atoms with Crippen LogP contribution in [0.4, 0.5) is 0 Å². The van der Waals surface area contributed by atoms with E-state index in [1.807, 2.05) is 0 Å². The normalized spacial score (nSPS) is 21.5. The van der Waals surface area contributed by atoms with Crippen molar-refractivity contribution in [3.63, 3.8) is 0 Å². The Labute approximate surface area is 123 Å². The summed E-state index contributed by atoms with van der Waals surface area (Å²) >= 11 is 0. The highest BCUT2D eigenvalue weighted by Crippen LogP contribution is 2.18. The fourth-order valence-electron chi connectivity index (χ4n) is 2.73. The Kier molecular flexibility index (Phi) is 5.64. The zero-order chi connectivity index (χ0) is 14.5. The molecule has 0 aromatic carbocycles.